The Kier molecular flexibility index (Phi) is 4.04. The van der Waals surface area contributed by atoms with Crippen molar-refractivity contribution >= 4 is 11.4 Å². The van der Waals surface area contributed by atoms with Crippen molar-refractivity contribution in [2.45, 2.75) is 13.5 Å². The molecule has 2 aromatic rings. The van der Waals surface area contributed by atoms with E-state index in [0.717, 1.165) is 23.7 Å². The molecule has 2 N–H and O–H groups in total. The molecule has 0 saturated carbocycles. The van der Waals surface area contributed by atoms with Crippen LogP contribution in [0.2, 0.25) is 0 Å². The summed E-state index contributed by atoms with van der Waals surface area (Å²) in [4.78, 5) is 4.26. The van der Waals surface area contributed by atoms with E-state index in [2.05, 4.69) is 21.7 Å². The van der Waals surface area contributed by atoms with Crippen LogP contribution in [0.5, 0.6) is 0 Å². The van der Waals surface area contributed by atoms with Gasteiger partial charge in [0.05, 0.1) is 29.6 Å². The van der Waals surface area contributed by atoms with E-state index in [1.807, 2.05) is 42.9 Å². The molecule has 1 heterocycles. The van der Waals surface area contributed by atoms with Crippen LogP contribution in [-0.2, 0) is 13.6 Å². The number of aryl methyl sites for hydroxylation is 1. The van der Waals surface area contributed by atoms with Crippen LogP contribution in [0.3, 0.4) is 0 Å². The Hall–Kier alpha value is -2.48. The van der Waals surface area contributed by atoms with Gasteiger partial charge < -0.3 is 15.2 Å². The molecule has 1 aromatic carbocycles. The normalized spacial score (nSPS) is 9.95. The molecule has 0 aliphatic carbocycles. The minimum Gasteiger partial charge on any atom is -0.384 e. The molecule has 0 saturated heterocycles. The van der Waals surface area contributed by atoms with Gasteiger partial charge in [-0.1, -0.05) is 0 Å². The van der Waals surface area contributed by atoms with E-state index in [9.17, 15) is 0 Å². The van der Waals surface area contributed by atoms with Crippen LogP contribution in [0, 0.1) is 11.3 Å². The number of aromatic nitrogens is 2. The molecular weight excluding hydrogens is 238 g/mol. The maximum atomic E-state index is 8.96. The second kappa shape index (κ2) is 5.91. The Morgan fingerprint density at radius 3 is 2.79 bits per heavy atom. The third kappa shape index (κ3) is 3.05. The SMILES string of the molecule is CCNc1ccc(C#N)cc1NCc1nccn1C. The maximum absolute atomic E-state index is 8.96. The first-order chi connectivity index (χ1) is 9.24. The molecule has 0 bridgehead atoms. The molecule has 1 aromatic heterocycles. The minimum atomic E-state index is 0.622. The smallest absolute Gasteiger partial charge is 0.127 e. The predicted octanol–water partition coefficient (Wildman–Crippen LogP) is 2.34. The van der Waals surface area contributed by atoms with E-state index in [1.54, 1.807) is 6.20 Å². The van der Waals surface area contributed by atoms with Gasteiger partial charge in [-0.15, -0.1) is 0 Å². The lowest BCUT2D eigenvalue weighted by molar-refractivity contribution is 0.813. The number of nitrogens with one attached hydrogen (secondary N) is 2. The molecule has 0 fully saturated rings. The summed E-state index contributed by atoms with van der Waals surface area (Å²) in [6.07, 6.45) is 3.68. The average Bonchev–Trinajstić information content (AvgIpc) is 2.83. The van der Waals surface area contributed by atoms with Gasteiger partial charge in [-0.05, 0) is 25.1 Å². The predicted molar refractivity (Wildman–Crippen MR) is 75.9 cm³/mol. The average molecular weight is 255 g/mol. The van der Waals surface area contributed by atoms with E-state index in [4.69, 9.17) is 5.26 Å². The van der Waals surface area contributed by atoms with Gasteiger partial charge in [-0.25, -0.2) is 4.98 Å². The number of anilines is 2. The fourth-order valence-electron chi connectivity index (χ4n) is 1.85. The van der Waals surface area contributed by atoms with Crippen LogP contribution < -0.4 is 10.6 Å². The molecule has 0 amide bonds. The third-order valence-electron chi connectivity index (χ3n) is 2.87. The number of nitrogens with zero attached hydrogens (tertiary/aromatic N) is 3. The van der Waals surface area contributed by atoms with Crippen molar-refractivity contribution in [3.63, 3.8) is 0 Å². The highest BCUT2D eigenvalue weighted by Gasteiger charge is 2.05. The summed E-state index contributed by atoms with van der Waals surface area (Å²) in [5.41, 5.74) is 2.56. The Morgan fingerprint density at radius 1 is 1.32 bits per heavy atom. The summed E-state index contributed by atoms with van der Waals surface area (Å²) in [5.74, 6) is 0.949. The van der Waals surface area contributed by atoms with Crippen LogP contribution in [0.25, 0.3) is 0 Å². The lowest BCUT2D eigenvalue weighted by Crippen LogP contribution is -2.08. The first-order valence-corrected chi connectivity index (χ1v) is 6.22. The summed E-state index contributed by atoms with van der Waals surface area (Å²) in [7, 11) is 1.96. The monoisotopic (exact) mass is 255 g/mol. The maximum Gasteiger partial charge on any atom is 0.127 e. The molecule has 0 aliphatic rings. The molecule has 5 nitrogen and oxygen atoms in total. The van der Waals surface area contributed by atoms with Crippen molar-refractivity contribution < 1.29 is 0 Å². The van der Waals surface area contributed by atoms with Gasteiger partial charge in [-0.2, -0.15) is 5.26 Å². The van der Waals surface area contributed by atoms with E-state index in [0.29, 0.717) is 12.1 Å². The topological polar surface area (TPSA) is 65.7 Å². The molecule has 0 aliphatic heterocycles. The molecular formula is C14H17N5. The Labute approximate surface area is 112 Å². The molecule has 2 rings (SSSR count). The third-order valence-corrected chi connectivity index (χ3v) is 2.87. The summed E-state index contributed by atoms with van der Waals surface area (Å²) in [5, 5.41) is 15.6. The lowest BCUT2D eigenvalue weighted by atomic mass is 10.2. The summed E-state index contributed by atoms with van der Waals surface area (Å²) >= 11 is 0. The van der Waals surface area contributed by atoms with Gasteiger partial charge in [-0.3, -0.25) is 0 Å². The second-order valence-corrected chi connectivity index (χ2v) is 4.21. The van der Waals surface area contributed by atoms with E-state index >= 15 is 0 Å². The van der Waals surface area contributed by atoms with Crippen LogP contribution in [-0.4, -0.2) is 16.1 Å². The Morgan fingerprint density at radius 2 is 2.16 bits per heavy atom. The van der Waals surface area contributed by atoms with Crippen LogP contribution in [0.15, 0.2) is 30.6 Å². The van der Waals surface area contributed by atoms with Crippen molar-refractivity contribution in [2.75, 3.05) is 17.2 Å². The van der Waals surface area contributed by atoms with Gasteiger partial charge >= 0.3 is 0 Å². The zero-order valence-corrected chi connectivity index (χ0v) is 11.1. The van der Waals surface area contributed by atoms with Gasteiger partial charge in [0.25, 0.3) is 0 Å². The van der Waals surface area contributed by atoms with Crippen LogP contribution in [0.4, 0.5) is 11.4 Å². The molecule has 0 unspecified atom stereocenters. The number of rotatable bonds is 5. The van der Waals surface area contributed by atoms with E-state index in [1.165, 1.54) is 0 Å². The van der Waals surface area contributed by atoms with Crippen molar-refractivity contribution in [1.29, 1.82) is 5.26 Å². The number of hydrogen-bond acceptors (Lipinski definition) is 4. The fourth-order valence-corrected chi connectivity index (χ4v) is 1.85. The Bertz CT molecular complexity index is 594. The van der Waals surface area contributed by atoms with E-state index < -0.39 is 0 Å². The molecule has 19 heavy (non-hydrogen) atoms. The Balaban J connectivity index is 2.18. The van der Waals surface area contributed by atoms with Crippen LogP contribution >= 0.6 is 0 Å². The largest absolute Gasteiger partial charge is 0.384 e. The standard InChI is InChI=1S/C14H17N5/c1-3-16-12-5-4-11(9-15)8-13(12)18-10-14-17-6-7-19(14)2/h4-8,16,18H,3,10H2,1-2H3. The number of imidazole rings is 1. The summed E-state index contributed by atoms with van der Waals surface area (Å²) in [6, 6.07) is 7.73. The van der Waals surface area contributed by atoms with Crippen molar-refractivity contribution in [1.82, 2.24) is 9.55 Å². The second-order valence-electron chi connectivity index (χ2n) is 4.21. The quantitative estimate of drug-likeness (QED) is 0.860. The summed E-state index contributed by atoms with van der Waals surface area (Å²) < 4.78 is 1.97. The molecule has 98 valence electrons. The summed E-state index contributed by atoms with van der Waals surface area (Å²) in [6.45, 7) is 3.50. The molecule has 0 atom stereocenters. The fraction of sp³-hybridized carbons (Fsp3) is 0.286. The van der Waals surface area contributed by atoms with Crippen molar-refractivity contribution in [2.24, 2.45) is 7.05 Å². The van der Waals surface area contributed by atoms with Gasteiger partial charge in [0, 0.05) is 26.0 Å². The number of nitriles is 1. The first kappa shape index (κ1) is 13.0. The minimum absolute atomic E-state index is 0.622. The van der Waals surface area contributed by atoms with Gasteiger partial charge in [0.1, 0.15) is 5.82 Å². The highest BCUT2D eigenvalue weighted by molar-refractivity contribution is 5.70. The molecule has 0 spiro atoms. The zero-order chi connectivity index (χ0) is 13.7. The van der Waals surface area contributed by atoms with Crippen molar-refractivity contribution in [3.8, 4) is 6.07 Å². The van der Waals surface area contributed by atoms with Crippen LogP contribution in [0.1, 0.15) is 18.3 Å². The molecule has 5 heteroatoms. The number of benzene rings is 1. The highest BCUT2D eigenvalue weighted by Crippen LogP contribution is 2.23. The zero-order valence-electron chi connectivity index (χ0n) is 11.1. The van der Waals surface area contributed by atoms with E-state index in [-0.39, 0.29) is 0 Å². The van der Waals surface area contributed by atoms with Gasteiger partial charge in [0.15, 0.2) is 0 Å². The lowest BCUT2D eigenvalue weighted by Gasteiger charge is -2.13. The molecule has 0 radical (unpaired) electrons. The van der Waals surface area contributed by atoms with Gasteiger partial charge in [0.2, 0.25) is 0 Å². The highest BCUT2D eigenvalue weighted by atomic mass is 15.1. The van der Waals surface area contributed by atoms with Crippen molar-refractivity contribution in [3.05, 3.63) is 42.0 Å². The first-order valence-electron chi connectivity index (χ1n) is 6.22. The number of hydrogen-bond donors (Lipinski definition) is 2.